The lowest BCUT2D eigenvalue weighted by molar-refractivity contribution is 0.273. The molecule has 1 N–H and O–H groups in total. The summed E-state index contributed by atoms with van der Waals surface area (Å²) in [4.78, 5) is 4.30. The number of hydrogen-bond acceptors (Lipinski definition) is 2. The van der Waals surface area contributed by atoms with Crippen LogP contribution in [0.1, 0.15) is 11.3 Å². The first-order valence-corrected chi connectivity index (χ1v) is 11.1. The largest absolute Gasteiger partial charge is 0.390 e. The lowest BCUT2D eigenvalue weighted by Crippen LogP contribution is -2.40. The second-order valence-electron chi connectivity index (χ2n) is 6.69. The van der Waals surface area contributed by atoms with Crippen molar-refractivity contribution < 1.29 is 5.11 Å². The fourth-order valence-corrected chi connectivity index (χ4v) is 5.30. The smallest absolute Gasteiger partial charge is 0.0832 e. The number of pyridine rings is 1. The van der Waals surface area contributed by atoms with Gasteiger partial charge in [-0.2, -0.15) is 0 Å². The van der Waals surface area contributed by atoms with Gasteiger partial charge in [0.25, 0.3) is 0 Å². The molecular weight excluding hydrogens is 288 g/mol. The summed E-state index contributed by atoms with van der Waals surface area (Å²) in [7, 11) is -1.57. The van der Waals surface area contributed by atoms with Gasteiger partial charge < -0.3 is 9.67 Å². The van der Waals surface area contributed by atoms with E-state index in [1.807, 2.05) is 18.5 Å². The van der Waals surface area contributed by atoms with E-state index in [1.54, 1.807) is 0 Å². The Bertz CT molecular complexity index is 788. The molecule has 3 nitrogen and oxygen atoms in total. The number of fused-ring (bicyclic) bond motifs is 1. The third-order valence-electron chi connectivity index (χ3n) is 4.06. The molecule has 2 heterocycles. The quantitative estimate of drug-likeness (QED) is 0.752. The maximum atomic E-state index is 10.0. The molecule has 0 bridgehead atoms. The lowest BCUT2D eigenvalue weighted by atomic mass is 10.2. The number of aromatic nitrogens is 2. The van der Waals surface area contributed by atoms with Crippen molar-refractivity contribution in [2.75, 3.05) is 0 Å². The highest BCUT2D eigenvalue weighted by Crippen LogP contribution is 2.23. The van der Waals surface area contributed by atoms with Crippen molar-refractivity contribution in [2.24, 2.45) is 0 Å². The van der Waals surface area contributed by atoms with Crippen LogP contribution in [0.2, 0.25) is 19.6 Å². The molecule has 0 saturated heterocycles. The number of nitrogens with zero attached hydrogens (tertiary/aromatic N) is 2. The molecule has 0 unspecified atom stereocenters. The lowest BCUT2D eigenvalue weighted by Gasteiger charge is -2.19. The molecule has 0 spiro atoms. The fourth-order valence-electron chi connectivity index (χ4n) is 3.20. The monoisotopic (exact) mass is 310 g/mol. The molecule has 0 radical (unpaired) electrons. The summed E-state index contributed by atoms with van der Waals surface area (Å²) >= 11 is 0. The highest BCUT2D eigenvalue weighted by Gasteiger charge is 2.27. The SMILES string of the molecule is C[Si](C)(C)c1c(CO)n(Cc2ccccc2)c2cnccc12. The van der Waals surface area contributed by atoms with Gasteiger partial charge in [-0.3, -0.25) is 4.98 Å². The second-order valence-corrected chi connectivity index (χ2v) is 11.7. The molecule has 0 fully saturated rings. The second kappa shape index (κ2) is 5.70. The zero-order valence-electron chi connectivity index (χ0n) is 13.4. The van der Waals surface area contributed by atoms with Gasteiger partial charge in [0.15, 0.2) is 0 Å². The average molecular weight is 310 g/mol. The van der Waals surface area contributed by atoms with Gasteiger partial charge in [-0.05, 0) is 16.8 Å². The van der Waals surface area contributed by atoms with E-state index >= 15 is 0 Å². The van der Waals surface area contributed by atoms with Crippen LogP contribution in [0.4, 0.5) is 0 Å². The fraction of sp³-hybridized carbons (Fsp3) is 0.278. The van der Waals surface area contributed by atoms with Gasteiger partial charge in [-0.1, -0.05) is 50.0 Å². The third kappa shape index (κ3) is 2.60. The van der Waals surface area contributed by atoms with Crippen LogP contribution in [0.15, 0.2) is 48.8 Å². The third-order valence-corrected chi connectivity index (χ3v) is 6.12. The highest BCUT2D eigenvalue weighted by atomic mass is 28.3. The van der Waals surface area contributed by atoms with E-state index in [0.29, 0.717) is 0 Å². The van der Waals surface area contributed by atoms with E-state index in [-0.39, 0.29) is 6.61 Å². The van der Waals surface area contributed by atoms with Crippen molar-refractivity contribution in [3.63, 3.8) is 0 Å². The maximum absolute atomic E-state index is 10.0. The van der Waals surface area contributed by atoms with Crippen LogP contribution >= 0.6 is 0 Å². The van der Waals surface area contributed by atoms with Crippen LogP contribution in [0.3, 0.4) is 0 Å². The summed E-state index contributed by atoms with van der Waals surface area (Å²) in [5, 5.41) is 12.6. The summed E-state index contributed by atoms with van der Waals surface area (Å²) < 4.78 is 2.23. The van der Waals surface area contributed by atoms with Gasteiger partial charge >= 0.3 is 0 Å². The standard InChI is InChI=1S/C18H22N2OSi/c1-22(2,3)18-15-9-10-19-11-16(15)20(17(18)13-21)12-14-7-5-4-6-8-14/h4-11,21H,12-13H2,1-3H3. The molecule has 0 aliphatic heterocycles. The van der Waals surface area contributed by atoms with E-state index in [2.05, 4.69) is 59.5 Å². The van der Waals surface area contributed by atoms with Crippen molar-refractivity contribution in [3.8, 4) is 0 Å². The summed E-state index contributed by atoms with van der Waals surface area (Å²) in [6, 6.07) is 12.5. The van der Waals surface area contributed by atoms with Crippen molar-refractivity contribution in [2.45, 2.75) is 32.8 Å². The number of hydrogen-bond donors (Lipinski definition) is 1. The van der Waals surface area contributed by atoms with Crippen LogP contribution in [-0.2, 0) is 13.2 Å². The number of aliphatic hydroxyl groups excluding tert-OH is 1. The van der Waals surface area contributed by atoms with E-state index in [9.17, 15) is 5.11 Å². The van der Waals surface area contributed by atoms with E-state index in [1.165, 1.54) is 16.1 Å². The molecular formula is C18H22N2OSi. The van der Waals surface area contributed by atoms with Crippen LogP contribution in [0, 0.1) is 0 Å². The van der Waals surface area contributed by atoms with E-state index < -0.39 is 8.07 Å². The Morgan fingerprint density at radius 3 is 2.45 bits per heavy atom. The Balaban J connectivity index is 2.25. The predicted octanol–water partition coefficient (Wildman–Crippen LogP) is 3.12. The molecule has 0 aliphatic carbocycles. The van der Waals surface area contributed by atoms with E-state index in [4.69, 9.17) is 0 Å². The Kier molecular flexibility index (Phi) is 3.89. The van der Waals surface area contributed by atoms with Crippen LogP contribution in [-0.4, -0.2) is 22.7 Å². The highest BCUT2D eigenvalue weighted by molar-refractivity contribution is 6.90. The van der Waals surface area contributed by atoms with Gasteiger partial charge in [0.2, 0.25) is 0 Å². The Hall–Kier alpha value is -1.91. The zero-order valence-corrected chi connectivity index (χ0v) is 14.4. The van der Waals surface area contributed by atoms with Crippen molar-refractivity contribution in [1.29, 1.82) is 0 Å². The molecule has 3 rings (SSSR count). The minimum absolute atomic E-state index is 0.0706. The van der Waals surface area contributed by atoms with Crippen molar-refractivity contribution in [1.82, 2.24) is 9.55 Å². The number of rotatable bonds is 4. The Labute approximate surface area is 132 Å². The maximum Gasteiger partial charge on any atom is 0.0832 e. The van der Waals surface area contributed by atoms with Crippen LogP contribution in [0.5, 0.6) is 0 Å². The van der Waals surface area contributed by atoms with Gasteiger partial charge in [-0.25, -0.2) is 0 Å². The Morgan fingerprint density at radius 2 is 1.82 bits per heavy atom. The van der Waals surface area contributed by atoms with Gasteiger partial charge in [0.1, 0.15) is 0 Å². The molecule has 114 valence electrons. The minimum Gasteiger partial charge on any atom is -0.390 e. The normalized spacial score (nSPS) is 12.0. The minimum atomic E-state index is -1.57. The Morgan fingerprint density at radius 1 is 1.09 bits per heavy atom. The number of aliphatic hydroxyl groups is 1. The molecule has 3 aromatic rings. The predicted molar refractivity (Wildman–Crippen MR) is 94.2 cm³/mol. The van der Waals surface area contributed by atoms with Crippen LogP contribution < -0.4 is 5.19 Å². The van der Waals surface area contributed by atoms with Crippen molar-refractivity contribution in [3.05, 3.63) is 60.0 Å². The van der Waals surface area contributed by atoms with Gasteiger partial charge in [0, 0.05) is 23.8 Å². The zero-order chi connectivity index (χ0) is 15.7. The first-order valence-electron chi connectivity index (χ1n) is 7.62. The first kappa shape index (κ1) is 15.0. The molecule has 0 aliphatic rings. The summed E-state index contributed by atoms with van der Waals surface area (Å²) in [5.41, 5.74) is 3.40. The number of benzene rings is 1. The summed E-state index contributed by atoms with van der Waals surface area (Å²) in [6.45, 7) is 7.82. The molecule has 2 aromatic heterocycles. The summed E-state index contributed by atoms with van der Waals surface area (Å²) in [5.74, 6) is 0. The molecule has 0 amide bonds. The molecule has 0 atom stereocenters. The molecule has 1 aromatic carbocycles. The molecule has 0 saturated carbocycles. The first-order chi connectivity index (χ1) is 10.5. The topological polar surface area (TPSA) is 38.0 Å². The van der Waals surface area contributed by atoms with Gasteiger partial charge in [-0.15, -0.1) is 0 Å². The average Bonchev–Trinajstić information content (AvgIpc) is 2.82. The van der Waals surface area contributed by atoms with Crippen LogP contribution in [0.25, 0.3) is 10.9 Å². The molecule has 22 heavy (non-hydrogen) atoms. The molecule has 4 heteroatoms. The van der Waals surface area contributed by atoms with Crippen molar-refractivity contribution >= 4 is 24.2 Å². The van der Waals surface area contributed by atoms with E-state index in [0.717, 1.165) is 17.8 Å². The summed E-state index contributed by atoms with van der Waals surface area (Å²) in [6.07, 6.45) is 3.76. The van der Waals surface area contributed by atoms with Gasteiger partial charge in [0.05, 0.1) is 26.4 Å².